The van der Waals surface area contributed by atoms with Crippen molar-refractivity contribution in [3.63, 3.8) is 0 Å². The molecule has 2 aliphatic rings. The van der Waals surface area contributed by atoms with Crippen molar-refractivity contribution in [2.75, 3.05) is 0 Å². The van der Waals surface area contributed by atoms with Crippen LogP contribution in [-0.2, 0) is 20.8 Å². The number of carbonyl (C=O) groups excluding carboxylic acids is 3. The zero-order valence-corrected chi connectivity index (χ0v) is 15.9. The Labute approximate surface area is 160 Å². The third-order valence-corrected chi connectivity index (χ3v) is 6.19. The minimum atomic E-state index is -1.58. The molecule has 0 bridgehead atoms. The zero-order valence-electron chi connectivity index (χ0n) is 14.4. The monoisotopic (exact) mass is 399 g/mol. The number of ether oxygens (including phenoxy) is 1. The lowest BCUT2D eigenvalue weighted by molar-refractivity contribution is -0.138. The highest BCUT2D eigenvalue weighted by Gasteiger charge is 2.46. The molecule has 26 heavy (non-hydrogen) atoms. The molecule has 0 spiro atoms. The average Bonchev–Trinajstić information content (AvgIpc) is 3.01. The molecule has 2 N–H and O–H groups in total. The molecule has 1 fully saturated rings. The molecule has 3 unspecified atom stereocenters. The summed E-state index contributed by atoms with van der Waals surface area (Å²) in [6.07, 6.45) is 0.754. The van der Waals surface area contributed by atoms with Gasteiger partial charge in [-0.15, -0.1) is 0 Å². The summed E-state index contributed by atoms with van der Waals surface area (Å²) in [5, 5.41) is 12.9. The van der Waals surface area contributed by atoms with Gasteiger partial charge in [-0.2, -0.15) is 0 Å². The average molecular weight is 400 g/mol. The number of aliphatic hydroxyl groups excluding tert-OH is 1. The number of Topliss-reactive ketones (excluding diaryl/α,β-unsaturated/α-hetero) is 1. The Morgan fingerprint density at radius 3 is 2.50 bits per heavy atom. The lowest BCUT2D eigenvalue weighted by Gasteiger charge is -2.31. The lowest BCUT2D eigenvalue weighted by atomic mass is 9.76. The fourth-order valence-electron chi connectivity index (χ4n) is 3.91. The predicted molar refractivity (Wildman–Crippen MR) is 95.3 cm³/mol. The van der Waals surface area contributed by atoms with E-state index in [1.807, 2.05) is 12.2 Å². The van der Waals surface area contributed by atoms with E-state index in [1.54, 1.807) is 6.07 Å². The number of hydrogen-bond donors (Lipinski definition) is 2. The number of halogens is 2. The SMILES string of the molecule is CCCC1(CC)Cc2cc(OC3C(=O)NC(=O)C3=O)c(Cl)c(Cl)c2C1O. The number of hydrogen-bond acceptors (Lipinski definition) is 5. The van der Waals surface area contributed by atoms with Crippen LogP contribution in [0.1, 0.15) is 50.3 Å². The number of carbonyl (C=O) groups is 3. The Balaban J connectivity index is 1.99. The second kappa shape index (κ2) is 6.83. The minimum Gasteiger partial charge on any atom is -0.470 e. The van der Waals surface area contributed by atoms with E-state index in [-0.39, 0.29) is 21.2 Å². The summed E-state index contributed by atoms with van der Waals surface area (Å²) in [5.74, 6) is -2.76. The van der Waals surface area contributed by atoms with Crippen LogP contribution in [0.25, 0.3) is 0 Å². The van der Waals surface area contributed by atoms with Gasteiger partial charge >= 0.3 is 0 Å². The van der Waals surface area contributed by atoms with Gasteiger partial charge in [-0.1, -0.05) is 43.5 Å². The van der Waals surface area contributed by atoms with E-state index in [2.05, 4.69) is 6.92 Å². The third kappa shape index (κ3) is 2.80. The van der Waals surface area contributed by atoms with Gasteiger partial charge in [-0.25, -0.2) is 0 Å². The van der Waals surface area contributed by atoms with Crippen molar-refractivity contribution in [2.45, 2.75) is 51.7 Å². The fraction of sp³-hybridized carbons (Fsp3) is 0.500. The van der Waals surface area contributed by atoms with Crippen molar-refractivity contribution in [2.24, 2.45) is 5.41 Å². The number of nitrogens with one attached hydrogen (secondary N) is 1. The molecule has 6 nitrogen and oxygen atoms in total. The van der Waals surface area contributed by atoms with E-state index in [1.165, 1.54) is 0 Å². The molecular weight excluding hydrogens is 381 g/mol. The van der Waals surface area contributed by atoms with Gasteiger partial charge in [0.1, 0.15) is 10.8 Å². The molecule has 3 rings (SSSR count). The number of benzene rings is 1. The molecule has 1 aliphatic heterocycles. The van der Waals surface area contributed by atoms with E-state index >= 15 is 0 Å². The maximum atomic E-state index is 11.8. The summed E-state index contributed by atoms with van der Waals surface area (Å²) in [4.78, 5) is 34.8. The van der Waals surface area contributed by atoms with Gasteiger partial charge in [0.2, 0.25) is 6.10 Å². The number of ketones is 1. The van der Waals surface area contributed by atoms with Crippen molar-refractivity contribution >= 4 is 40.8 Å². The van der Waals surface area contributed by atoms with Crippen LogP contribution in [0, 0.1) is 5.41 Å². The molecule has 3 atom stereocenters. The van der Waals surface area contributed by atoms with Gasteiger partial charge in [0.25, 0.3) is 17.6 Å². The molecule has 1 aromatic carbocycles. The molecule has 0 aromatic heterocycles. The Kier molecular flexibility index (Phi) is 5.03. The summed E-state index contributed by atoms with van der Waals surface area (Å²) < 4.78 is 5.42. The largest absolute Gasteiger partial charge is 0.470 e. The second-order valence-corrected chi connectivity index (χ2v) is 7.56. The predicted octanol–water partition coefficient (Wildman–Crippen LogP) is 2.75. The van der Waals surface area contributed by atoms with Crippen molar-refractivity contribution in [3.05, 3.63) is 27.2 Å². The van der Waals surface area contributed by atoms with Gasteiger partial charge in [0, 0.05) is 11.0 Å². The Morgan fingerprint density at radius 1 is 1.27 bits per heavy atom. The first kappa shape index (κ1) is 19.1. The first-order valence-corrected chi connectivity index (χ1v) is 9.25. The van der Waals surface area contributed by atoms with Crippen LogP contribution >= 0.6 is 23.2 Å². The van der Waals surface area contributed by atoms with Crippen molar-refractivity contribution in [3.8, 4) is 5.75 Å². The molecule has 2 amide bonds. The first-order chi connectivity index (χ1) is 12.3. The highest BCUT2D eigenvalue weighted by molar-refractivity contribution is 6.49. The Hall–Kier alpha value is -1.63. The van der Waals surface area contributed by atoms with Gasteiger partial charge in [0.05, 0.1) is 11.1 Å². The second-order valence-electron chi connectivity index (χ2n) is 6.80. The number of imide groups is 1. The van der Waals surface area contributed by atoms with Crippen LogP contribution in [0.5, 0.6) is 5.75 Å². The van der Waals surface area contributed by atoms with E-state index in [0.717, 1.165) is 24.8 Å². The third-order valence-electron chi connectivity index (χ3n) is 5.33. The standard InChI is InChI=1S/C18H19Cl2NO5/c1-3-5-18(4-2)7-8-6-9(11(19)12(20)10(8)15(18)23)26-14-13(22)16(24)21-17(14)25/h6,14-15,23H,3-5,7H2,1-2H3,(H,21,24,25). The smallest absolute Gasteiger partial charge is 0.298 e. The molecular formula is C18H19Cl2NO5. The van der Waals surface area contributed by atoms with E-state index < -0.39 is 29.8 Å². The van der Waals surface area contributed by atoms with Crippen LogP contribution in [-0.4, -0.2) is 28.8 Å². The Morgan fingerprint density at radius 2 is 1.96 bits per heavy atom. The van der Waals surface area contributed by atoms with Crippen LogP contribution in [0.2, 0.25) is 10.0 Å². The van der Waals surface area contributed by atoms with Gasteiger partial charge < -0.3 is 9.84 Å². The molecule has 140 valence electrons. The lowest BCUT2D eigenvalue weighted by Crippen LogP contribution is -2.31. The maximum absolute atomic E-state index is 11.8. The summed E-state index contributed by atoms with van der Waals surface area (Å²) in [5.41, 5.74) is 1.01. The normalized spacial score (nSPS) is 27.7. The van der Waals surface area contributed by atoms with Gasteiger partial charge in [-0.05, 0) is 30.9 Å². The van der Waals surface area contributed by atoms with Gasteiger partial charge in [-0.3, -0.25) is 19.7 Å². The summed E-state index contributed by atoms with van der Waals surface area (Å²) in [6, 6.07) is 1.60. The quantitative estimate of drug-likeness (QED) is 0.451. The van der Waals surface area contributed by atoms with Crippen molar-refractivity contribution < 1.29 is 24.2 Å². The number of aliphatic hydroxyl groups is 1. The van der Waals surface area contributed by atoms with Crippen LogP contribution < -0.4 is 10.1 Å². The maximum Gasteiger partial charge on any atom is 0.298 e. The number of fused-ring (bicyclic) bond motifs is 1. The van der Waals surface area contributed by atoms with E-state index in [4.69, 9.17) is 27.9 Å². The minimum absolute atomic E-state index is 0.00724. The van der Waals surface area contributed by atoms with Crippen molar-refractivity contribution in [1.82, 2.24) is 5.32 Å². The number of rotatable bonds is 5. The first-order valence-electron chi connectivity index (χ1n) is 8.50. The summed E-state index contributed by atoms with van der Waals surface area (Å²) in [7, 11) is 0. The van der Waals surface area contributed by atoms with Gasteiger partial charge in [0.15, 0.2) is 0 Å². The van der Waals surface area contributed by atoms with Crippen LogP contribution in [0.4, 0.5) is 0 Å². The molecule has 0 saturated carbocycles. The fourth-order valence-corrected chi connectivity index (χ4v) is 4.42. The molecule has 8 heteroatoms. The van der Waals surface area contributed by atoms with Crippen LogP contribution in [0.15, 0.2) is 6.07 Å². The summed E-state index contributed by atoms with van der Waals surface area (Å²) in [6.45, 7) is 4.07. The van der Waals surface area contributed by atoms with E-state index in [0.29, 0.717) is 12.0 Å². The topological polar surface area (TPSA) is 92.7 Å². The molecule has 1 heterocycles. The highest BCUT2D eigenvalue weighted by Crippen LogP contribution is 2.55. The van der Waals surface area contributed by atoms with Crippen molar-refractivity contribution in [1.29, 1.82) is 0 Å². The molecule has 0 radical (unpaired) electrons. The Bertz CT molecular complexity index is 809. The molecule has 1 aromatic rings. The number of amides is 2. The summed E-state index contributed by atoms with van der Waals surface area (Å²) >= 11 is 12.7. The van der Waals surface area contributed by atoms with Crippen LogP contribution in [0.3, 0.4) is 0 Å². The highest BCUT2D eigenvalue weighted by atomic mass is 35.5. The zero-order chi connectivity index (χ0) is 19.2. The molecule has 1 saturated heterocycles. The molecule has 1 aliphatic carbocycles. The van der Waals surface area contributed by atoms with E-state index in [9.17, 15) is 19.5 Å².